The Bertz CT molecular complexity index is 1200. The summed E-state index contributed by atoms with van der Waals surface area (Å²) in [4.78, 5) is 56.5. The number of carbonyl (C=O) groups is 4. The van der Waals surface area contributed by atoms with Crippen molar-refractivity contribution in [3.05, 3.63) is 71.8 Å². The quantitative estimate of drug-likeness (QED) is 0.323. The molecule has 9 heteroatoms. The maximum absolute atomic E-state index is 13.7. The molecule has 0 aromatic heterocycles. The molecule has 0 aliphatic carbocycles. The first-order chi connectivity index (χ1) is 19.9. The van der Waals surface area contributed by atoms with Crippen molar-refractivity contribution in [1.29, 1.82) is 0 Å². The average molecular weight is 580 g/mol. The summed E-state index contributed by atoms with van der Waals surface area (Å²) >= 11 is 0. The molecule has 1 saturated heterocycles. The minimum Gasteiger partial charge on any atom is -0.460 e. The number of rotatable bonds is 14. The fourth-order valence-corrected chi connectivity index (χ4v) is 4.88. The maximum atomic E-state index is 13.7. The number of esters is 2. The highest BCUT2D eigenvalue weighted by molar-refractivity contribution is 5.90. The number of Topliss-reactive ketones (excluding diaryl/α,β-unsaturated/α-hetero) is 1. The Morgan fingerprint density at radius 3 is 2.10 bits per heavy atom. The molecule has 2 amide bonds. The molecular weight excluding hydrogens is 534 g/mol. The average Bonchev–Trinajstić information content (AvgIpc) is 3.25. The molecule has 9 nitrogen and oxygen atoms in total. The van der Waals surface area contributed by atoms with Crippen molar-refractivity contribution in [2.24, 2.45) is 5.92 Å². The lowest BCUT2D eigenvalue weighted by Crippen LogP contribution is -2.55. The van der Waals surface area contributed by atoms with Gasteiger partial charge in [0.25, 0.3) is 0 Å². The summed E-state index contributed by atoms with van der Waals surface area (Å²) in [5, 5.41) is 3.20. The van der Waals surface area contributed by atoms with E-state index in [1.807, 2.05) is 74.5 Å². The molecule has 2 aromatic rings. The van der Waals surface area contributed by atoms with E-state index in [1.165, 1.54) is 4.90 Å². The monoisotopic (exact) mass is 579 g/mol. The molecule has 3 rings (SSSR count). The fourth-order valence-electron chi connectivity index (χ4n) is 4.88. The Hall–Kier alpha value is -3.72. The zero-order chi connectivity index (χ0) is 30.9. The SMILES string of the molecule is CCC(=O)[C@@H](CN1C(=O)N(Cc2ccccc2)C[C@H]1C(=O)OC(C)(C)C)N[C@@H](CC(C)C)C(=O)OCc1ccccc1. The first-order valence-corrected chi connectivity index (χ1v) is 14.7. The van der Waals surface area contributed by atoms with Crippen molar-refractivity contribution < 1.29 is 28.7 Å². The molecule has 0 saturated carbocycles. The van der Waals surface area contributed by atoms with E-state index in [1.54, 1.807) is 32.6 Å². The van der Waals surface area contributed by atoms with Gasteiger partial charge in [-0.15, -0.1) is 0 Å². The number of ether oxygens (including phenoxy) is 2. The van der Waals surface area contributed by atoms with Crippen LogP contribution in [0.15, 0.2) is 60.7 Å². The summed E-state index contributed by atoms with van der Waals surface area (Å²) in [6, 6.07) is 16.0. The summed E-state index contributed by atoms with van der Waals surface area (Å²) in [5.41, 5.74) is 1.03. The minimum absolute atomic E-state index is 0.0821. The number of amides is 2. The van der Waals surface area contributed by atoms with E-state index in [9.17, 15) is 19.2 Å². The third-order valence-corrected chi connectivity index (χ3v) is 6.92. The van der Waals surface area contributed by atoms with Crippen LogP contribution in [-0.2, 0) is 37.0 Å². The van der Waals surface area contributed by atoms with Crippen molar-refractivity contribution in [3.8, 4) is 0 Å². The summed E-state index contributed by atoms with van der Waals surface area (Å²) < 4.78 is 11.3. The predicted molar refractivity (Wildman–Crippen MR) is 160 cm³/mol. The summed E-state index contributed by atoms with van der Waals surface area (Å²) in [5.74, 6) is -1.04. The Kier molecular flexibility index (Phi) is 11.7. The third-order valence-electron chi connectivity index (χ3n) is 6.92. The second-order valence-electron chi connectivity index (χ2n) is 12.2. The number of ketones is 1. The van der Waals surface area contributed by atoms with E-state index < -0.39 is 35.7 Å². The first-order valence-electron chi connectivity index (χ1n) is 14.7. The second-order valence-corrected chi connectivity index (χ2v) is 12.2. The Balaban J connectivity index is 1.83. The van der Waals surface area contributed by atoms with Gasteiger partial charge in [-0.25, -0.2) is 9.59 Å². The van der Waals surface area contributed by atoms with Gasteiger partial charge in [-0.1, -0.05) is 81.4 Å². The van der Waals surface area contributed by atoms with E-state index in [-0.39, 0.29) is 43.8 Å². The van der Waals surface area contributed by atoms with Crippen LogP contribution in [0.5, 0.6) is 0 Å². The zero-order valence-corrected chi connectivity index (χ0v) is 25.7. The van der Waals surface area contributed by atoms with Gasteiger partial charge in [-0.2, -0.15) is 0 Å². The highest BCUT2D eigenvalue weighted by Crippen LogP contribution is 2.23. The third kappa shape index (κ3) is 9.69. The summed E-state index contributed by atoms with van der Waals surface area (Å²) in [6.07, 6.45) is 0.628. The van der Waals surface area contributed by atoms with Crippen LogP contribution >= 0.6 is 0 Å². The van der Waals surface area contributed by atoms with Crippen molar-refractivity contribution in [2.45, 2.75) is 91.3 Å². The van der Waals surface area contributed by atoms with Gasteiger partial charge in [0.05, 0.1) is 12.6 Å². The normalized spacial score (nSPS) is 16.8. The van der Waals surface area contributed by atoms with E-state index in [0.717, 1.165) is 11.1 Å². The van der Waals surface area contributed by atoms with Gasteiger partial charge in [0.15, 0.2) is 5.78 Å². The van der Waals surface area contributed by atoms with Gasteiger partial charge < -0.3 is 19.3 Å². The van der Waals surface area contributed by atoms with Crippen molar-refractivity contribution >= 4 is 23.8 Å². The number of nitrogens with zero attached hydrogens (tertiary/aromatic N) is 2. The highest BCUT2D eigenvalue weighted by Gasteiger charge is 2.45. The van der Waals surface area contributed by atoms with Crippen LogP contribution in [0.2, 0.25) is 0 Å². The number of hydrogen-bond acceptors (Lipinski definition) is 7. The molecule has 1 aliphatic rings. The van der Waals surface area contributed by atoms with Crippen LogP contribution in [0.1, 0.15) is 65.5 Å². The standard InChI is InChI=1S/C33H45N3O6/c1-7-29(37)27(34-26(18-23(2)3)30(38)41-22-25-16-12-9-13-17-25)20-36-28(31(39)42-33(4,5)6)21-35(32(36)40)19-24-14-10-8-11-15-24/h8-17,23,26-28,34H,7,18-22H2,1-6H3/t26-,27+,28-/m0/s1. The molecule has 228 valence electrons. The lowest BCUT2D eigenvalue weighted by molar-refractivity contribution is -0.159. The molecule has 0 spiro atoms. The molecule has 1 fully saturated rings. The summed E-state index contributed by atoms with van der Waals surface area (Å²) in [6.45, 7) is 11.5. The maximum Gasteiger partial charge on any atom is 0.331 e. The Labute approximate surface area is 249 Å². The fraction of sp³-hybridized carbons (Fsp3) is 0.515. The molecular formula is C33H45N3O6. The van der Waals surface area contributed by atoms with E-state index in [4.69, 9.17) is 9.47 Å². The molecule has 1 N–H and O–H groups in total. The predicted octanol–water partition coefficient (Wildman–Crippen LogP) is 4.73. The molecule has 0 bridgehead atoms. The van der Waals surface area contributed by atoms with Gasteiger partial charge >= 0.3 is 18.0 Å². The minimum atomic E-state index is -0.900. The largest absolute Gasteiger partial charge is 0.460 e. The summed E-state index contributed by atoms with van der Waals surface area (Å²) in [7, 11) is 0. The van der Waals surface area contributed by atoms with Gasteiger partial charge in [-0.05, 0) is 44.2 Å². The van der Waals surface area contributed by atoms with Crippen LogP contribution in [0.4, 0.5) is 4.79 Å². The van der Waals surface area contributed by atoms with Crippen LogP contribution < -0.4 is 5.32 Å². The van der Waals surface area contributed by atoms with Gasteiger partial charge in [-0.3, -0.25) is 14.9 Å². The molecule has 3 atom stereocenters. The number of carbonyl (C=O) groups excluding carboxylic acids is 4. The first kappa shape index (κ1) is 32.8. The van der Waals surface area contributed by atoms with Gasteiger partial charge in [0.1, 0.15) is 24.3 Å². The van der Waals surface area contributed by atoms with Crippen molar-refractivity contribution in [3.63, 3.8) is 0 Å². The van der Waals surface area contributed by atoms with Gasteiger partial charge in [0.2, 0.25) is 0 Å². The van der Waals surface area contributed by atoms with Crippen LogP contribution in [-0.4, -0.2) is 70.4 Å². The Morgan fingerprint density at radius 1 is 0.952 bits per heavy atom. The van der Waals surface area contributed by atoms with E-state index in [2.05, 4.69) is 5.32 Å². The smallest absolute Gasteiger partial charge is 0.331 e. The van der Waals surface area contributed by atoms with Crippen molar-refractivity contribution in [2.75, 3.05) is 13.1 Å². The number of benzene rings is 2. The molecule has 0 radical (unpaired) electrons. The zero-order valence-electron chi connectivity index (χ0n) is 25.7. The highest BCUT2D eigenvalue weighted by atomic mass is 16.6. The topological polar surface area (TPSA) is 105 Å². The number of urea groups is 1. The van der Waals surface area contributed by atoms with E-state index >= 15 is 0 Å². The molecule has 1 heterocycles. The van der Waals surface area contributed by atoms with Crippen LogP contribution in [0.3, 0.4) is 0 Å². The number of nitrogens with one attached hydrogen (secondary N) is 1. The lowest BCUT2D eigenvalue weighted by Gasteiger charge is -2.31. The molecule has 2 aromatic carbocycles. The Morgan fingerprint density at radius 2 is 1.55 bits per heavy atom. The van der Waals surface area contributed by atoms with E-state index in [0.29, 0.717) is 13.0 Å². The van der Waals surface area contributed by atoms with Crippen molar-refractivity contribution in [1.82, 2.24) is 15.1 Å². The molecule has 1 aliphatic heterocycles. The molecule has 42 heavy (non-hydrogen) atoms. The second kappa shape index (κ2) is 15.0. The van der Waals surface area contributed by atoms with Crippen LogP contribution in [0, 0.1) is 5.92 Å². The molecule has 0 unspecified atom stereocenters. The number of hydrogen-bond donors (Lipinski definition) is 1. The van der Waals surface area contributed by atoms with Gasteiger partial charge in [0, 0.05) is 19.5 Å². The lowest BCUT2D eigenvalue weighted by atomic mass is 10.0. The van der Waals surface area contributed by atoms with Crippen LogP contribution in [0.25, 0.3) is 0 Å².